The lowest BCUT2D eigenvalue weighted by molar-refractivity contribution is -0.138. The summed E-state index contributed by atoms with van der Waals surface area (Å²) < 4.78 is 5.06. The van der Waals surface area contributed by atoms with Crippen LogP contribution in [0.2, 0.25) is 0 Å². The molecule has 0 aliphatic rings. The molecule has 0 amide bonds. The zero-order chi connectivity index (χ0) is 14.7. The first kappa shape index (κ1) is 18.2. The number of hydrogen-bond acceptors (Lipinski definition) is 3. The Kier molecular flexibility index (Phi) is 9.58. The molecule has 0 aliphatic carbocycles. The van der Waals surface area contributed by atoms with Crippen LogP contribution in [-0.2, 0) is 9.53 Å². The summed E-state index contributed by atoms with van der Waals surface area (Å²) in [5.41, 5.74) is 0.567. The molecule has 3 heteroatoms. The van der Waals surface area contributed by atoms with Crippen molar-refractivity contribution in [2.75, 3.05) is 13.2 Å². The molecule has 0 heterocycles. The highest BCUT2D eigenvalue weighted by Gasteiger charge is 2.16. The molecule has 0 atom stereocenters. The standard InChI is InChI=1S/C16H31NO2/c1-6-7-8-9-10-11-16(4,5)17-12-13-19-15(18)14(2)3/h17H,2,6-13H2,1,3-5H3. The predicted molar refractivity (Wildman–Crippen MR) is 81.2 cm³/mol. The zero-order valence-electron chi connectivity index (χ0n) is 13.2. The molecule has 0 fully saturated rings. The van der Waals surface area contributed by atoms with Gasteiger partial charge in [0.2, 0.25) is 0 Å². The largest absolute Gasteiger partial charge is 0.461 e. The highest BCUT2D eigenvalue weighted by atomic mass is 16.5. The molecule has 0 bridgehead atoms. The molecular formula is C16H31NO2. The third-order valence-corrected chi connectivity index (χ3v) is 3.19. The van der Waals surface area contributed by atoms with Gasteiger partial charge in [-0.1, -0.05) is 45.6 Å². The van der Waals surface area contributed by atoms with Crippen molar-refractivity contribution in [2.45, 2.75) is 71.8 Å². The third kappa shape index (κ3) is 10.8. The molecule has 0 aromatic heterocycles. The molecule has 0 aromatic rings. The maximum absolute atomic E-state index is 11.2. The van der Waals surface area contributed by atoms with Gasteiger partial charge in [-0.25, -0.2) is 4.79 Å². The van der Waals surface area contributed by atoms with E-state index in [1.807, 2.05) is 0 Å². The molecule has 0 unspecified atom stereocenters. The van der Waals surface area contributed by atoms with E-state index in [-0.39, 0.29) is 11.5 Å². The normalized spacial score (nSPS) is 11.4. The number of nitrogens with one attached hydrogen (secondary N) is 1. The Labute approximate surface area is 118 Å². The summed E-state index contributed by atoms with van der Waals surface area (Å²) in [5.74, 6) is -0.306. The van der Waals surface area contributed by atoms with Crippen molar-refractivity contribution in [3.05, 3.63) is 12.2 Å². The Bertz CT molecular complexity index is 272. The van der Waals surface area contributed by atoms with Crippen LogP contribution in [0.1, 0.15) is 66.2 Å². The number of carbonyl (C=O) groups excluding carboxylic acids is 1. The van der Waals surface area contributed by atoms with Gasteiger partial charge in [0.15, 0.2) is 0 Å². The lowest BCUT2D eigenvalue weighted by Gasteiger charge is -2.26. The Morgan fingerprint density at radius 2 is 1.84 bits per heavy atom. The summed E-state index contributed by atoms with van der Waals surface area (Å²) >= 11 is 0. The van der Waals surface area contributed by atoms with Crippen LogP contribution < -0.4 is 5.32 Å². The van der Waals surface area contributed by atoms with Crippen LogP contribution >= 0.6 is 0 Å². The second-order valence-corrected chi connectivity index (χ2v) is 5.89. The SMILES string of the molecule is C=C(C)C(=O)OCCNC(C)(C)CCCCCCC. The number of esters is 1. The van der Waals surface area contributed by atoms with Gasteiger partial charge in [-0.3, -0.25) is 0 Å². The average Bonchev–Trinajstić information content (AvgIpc) is 2.34. The average molecular weight is 269 g/mol. The van der Waals surface area contributed by atoms with Gasteiger partial charge >= 0.3 is 5.97 Å². The van der Waals surface area contributed by atoms with E-state index in [0.717, 1.165) is 6.42 Å². The van der Waals surface area contributed by atoms with Crippen molar-refractivity contribution >= 4 is 5.97 Å². The summed E-state index contributed by atoms with van der Waals surface area (Å²) in [6, 6.07) is 0. The first-order chi connectivity index (χ1) is 8.89. The van der Waals surface area contributed by atoms with Crippen LogP contribution in [0, 0.1) is 0 Å². The van der Waals surface area contributed by atoms with Crippen molar-refractivity contribution < 1.29 is 9.53 Å². The van der Waals surface area contributed by atoms with Crippen LogP contribution in [0.15, 0.2) is 12.2 Å². The lowest BCUT2D eigenvalue weighted by atomic mass is 9.96. The van der Waals surface area contributed by atoms with E-state index < -0.39 is 0 Å². The molecule has 19 heavy (non-hydrogen) atoms. The fourth-order valence-corrected chi connectivity index (χ4v) is 1.92. The van der Waals surface area contributed by atoms with Gasteiger partial charge < -0.3 is 10.1 Å². The Morgan fingerprint density at radius 3 is 2.42 bits per heavy atom. The predicted octanol–water partition coefficient (Wildman–Crippen LogP) is 3.83. The van der Waals surface area contributed by atoms with Crippen molar-refractivity contribution in [1.29, 1.82) is 0 Å². The minimum atomic E-state index is -0.306. The van der Waals surface area contributed by atoms with E-state index in [9.17, 15) is 4.79 Å². The number of hydrogen-bond donors (Lipinski definition) is 1. The molecular weight excluding hydrogens is 238 g/mol. The Balaban J connectivity index is 3.61. The van der Waals surface area contributed by atoms with Crippen LogP contribution in [0.25, 0.3) is 0 Å². The van der Waals surface area contributed by atoms with Gasteiger partial charge in [0.05, 0.1) is 0 Å². The lowest BCUT2D eigenvalue weighted by Crippen LogP contribution is -2.41. The molecule has 0 rings (SSSR count). The van der Waals surface area contributed by atoms with Gasteiger partial charge in [0.25, 0.3) is 0 Å². The van der Waals surface area contributed by atoms with Crippen molar-refractivity contribution in [2.24, 2.45) is 0 Å². The molecule has 112 valence electrons. The van der Waals surface area contributed by atoms with E-state index in [4.69, 9.17) is 4.74 Å². The minimum Gasteiger partial charge on any atom is -0.461 e. The van der Waals surface area contributed by atoms with Crippen molar-refractivity contribution in [1.82, 2.24) is 5.32 Å². The molecule has 0 spiro atoms. The van der Waals surface area contributed by atoms with E-state index in [1.54, 1.807) is 6.92 Å². The second-order valence-electron chi connectivity index (χ2n) is 5.89. The van der Waals surface area contributed by atoms with Gasteiger partial charge in [0.1, 0.15) is 6.61 Å². The fraction of sp³-hybridized carbons (Fsp3) is 0.812. The van der Waals surface area contributed by atoms with Gasteiger partial charge in [-0.05, 0) is 27.2 Å². The maximum atomic E-state index is 11.2. The van der Waals surface area contributed by atoms with Crippen LogP contribution in [0.5, 0.6) is 0 Å². The van der Waals surface area contributed by atoms with Gasteiger partial charge in [-0.15, -0.1) is 0 Å². The smallest absolute Gasteiger partial charge is 0.333 e. The monoisotopic (exact) mass is 269 g/mol. The van der Waals surface area contributed by atoms with E-state index >= 15 is 0 Å². The first-order valence-corrected chi connectivity index (χ1v) is 7.46. The maximum Gasteiger partial charge on any atom is 0.333 e. The first-order valence-electron chi connectivity index (χ1n) is 7.46. The zero-order valence-corrected chi connectivity index (χ0v) is 13.2. The van der Waals surface area contributed by atoms with Gasteiger partial charge in [-0.2, -0.15) is 0 Å². The number of rotatable bonds is 11. The summed E-state index contributed by atoms with van der Waals surface area (Å²) in [6.45, 7) is 13.0. The third-order valence-electron chi connectivity index (χ3n) is 3.19. The highest BCUT2D eigenvalue weighted by Crippen LogP contribution is 2.14. The van der Waals surface area contributed by atoms with Crippen molar-refractivity contribution in [3.63, 3.8) is 0 Å². The molecule has 0 saturated carbocycles. The molecule has 0 saturated heterocycles. The quantitative estimate of drug-likeness (QED) is 0.352. The molecule has 0 aromatic carbocycles. The molecule has 0 radical (unpaired) electrons. The number of ether oxygens (including phenoxy) is 1. The Hall–Kier alpha value is -0.830. The molecule has 0 aliphatic heterocycles. The van der Waals surface area contributed by atoms with E-state index in [1.165, 1.54) is 32.1 Å². The summed E-state index contributed by atoms with van der Waals surface area (Å²) in [5, 5.41) is 3.44. The van der Waals surface area contributed by atoms with Crippen molar-refractivity contribution in [3.8, 4) is 0 Å². The number of carbonyl (C=O) groups is 1. The second kappa shape index (κ2) is 10.0. The summed E-state index contributed by atoms with van der Waals surface area (Å²) in [7, 11) is 0. The topological polar surface area (TPSA) is 38.3 Å². The highest BCUT2D eigenvalue weighted by molar-refractivity contribution is 5.86. The summed E-state index contributed by atoms with van der Waals surface area (Å²) in [4.78, 5) is 11.2. The van der Waals surface area contributed by atoms with Crippen LogP contribution in [-0.4, -0.2) is 24.7 Å². The van der Waals surface area contributed by atoms with E-state index in [0.29, 0.717) is 18.7 Å². The van der Waals surface area contributed by atoms with Crippen LogP contribution in [0.3, 0.4) is 0 Å². The Morgan fingerprint density at radius 1 is 1.21 bits per heavy atom. The van der Waals surface area contributed by atoms with Crippen LogP contribution in [0.4, 0.5) is 0 Å². The summed E-state index contributed by atoms with van der Waals surface area (Å²) in [6.07, 6.45) is 7.68. The van der Waals surface area contributed by atoms with E-state index in [2.05, 4.69) is 32.7 Å². The van der Waals surface area contributed by atoms with Gasteiger partial charge in [0, 0.05) is 17.7 Å². The number of unbranched alkanes of at least 4 members (excludes halogenated alkanes) is 4. The fourth-order valence-electron chi connectivity index (χ4n) is 1.92. The molecule has 1 N–H and O–H groups in total. The molecule has 3 nitrogen and oxygen atoms in total. The minimum absolute atomic E-state index is 0.113.